The smallest absolute Gasteiger partial charge is 0.246 e. The molecule has 1 heterocycles. The molecular formula is C15H21ClN2O4S. The van der Waals surface area contributed by atoms with E-state index >= 15 is 0 Å². The first-order chi connectivity index (χ1) is 10.8. The molecule has 2 rings (SSSR count). The van der Waals surface area contributed by atoms with Crippen molar-refractivity contribution in [1.29, 1.82) is 0 Å². The van der Waals surface area contributed by atoms with Crippen molar-refractivity contribution in [3.05, 3.63) is 29.3 Å². The Kier molecular flexibility index (Phi) is 5.89. The van der Waals surface area contributed by atoms with E-state index in [4.69, 9.17) is 16.3 Å². The molecule has 0 unspecified atom stereocenters. The Morgan fingerprint density at radius 2 is 1.87 bits per heavy atom. The van der Waals surface area contributed by atoms with Gasteiger partial charge in [0.1, 0.15) is 6.04 Å². The van der Waals surface area contributed by atoms with Gasteiger partial charge in [-0.1, -0.05) is 18.5 Å². The lowest BCUT2D eigenvalue weighted by atomic mass is 10.1. The highest BCUT2D eigenvalue weighted by atomic mass is 35.5. The van der Waals surface area contributed by atoms with Gasteiger partial charge in [0.25, 0.3) is 0 Å². The van der Waals surface area contributed by atoms with Gasteiger partial charge in [0.2, 0.25) is 15.9 Å². The van der Waals surface area contributed by atoms with Gasteiger partial charge < -0.3 is 9.64 Å². The second-order valence-corrected chi connectivity index (χ2v) is 7.69. The molecule has 1 atom stereocenters. The van der Waals surface area contributed by atoms with Crippen molar-refractivity contribution in [2.24, 2.45) is 0 Å². The largest absolute Gasteiger partial charge is 0.378 e. The van der Waals surface area contributed by atoms with E-state index in [0.29, 0.717) is 43.4 Å². The van der Waals surface area contributed by atoms with Gasteiger partial charge in [-0.2, -0.15) is 0 Å². The fourth-order valence-corrected chi connectivity index (χ4v) is 3.96. The Bertz CT molecular complexity index is 642. The molecule has 6 nitrogen and oxygen atoms in total. The molecule has 8 heteroatoms. The van der Waals surface area contributed by atoms with Gasteiger partial charge >= 0.3 is 0 Å². The van der Waals surface area contributed by atoms with Crippen LogP contribution in [0.4, 0.5) is 5.69 Å². The molecule has 1 amide bonds. The number of ether oxygens (including phenoxy) is 1. The second kappa shape index (κ2) is 7.51. The number of rotatable bonds is 5. The van der Waals surface area contributed by atoms with Crippen molar-refractivity contribution in [3.8, 4) is 0 Å². The summed E-state index contributed by atoms with van der Waals surface area (Å²) in [7, 11) is -3.61. The van der Waals surface area contributed by atoms with Crippen molar-refractivity contribution in [2.45, 2.75) is 19.4 Å². The Hall–Kier alpha value is -1.31. The lowest BCUT2D eigenvalue weighted by molar-refractivity contribution is -0.136. The fourth-order valence-electron chi connectivity index (χ4n) is 2.63. The fraction of sp³-hybridized carbons (Fsp3) is 0.533. The molecule has 1 aliphatic heterocycles. The summed E-state index contributed by atoms with van der Waals surface area (Å²) in [6, 6.07) is 5.67. The predicted molar refractivity (Wildman–Crippen MR) is 90.3 cm³/mol. The minimum Gasteiger partial charge on any atom is -0.378 e. The molecular weight excluding hydrogens is 340 g/mol. The Morgan fingerprint density at radius 1 is 1.30 bits per heavy atom. The summed E-state index contributed by atoms with van der Waals surface area (Å²) in [4.78, 5) is 14.5. The number of benzene rings is 1. The molecule has 0 bridgehead atoms. The minimum absolute atomic E-state index is 0.198. The van der Waals surface area contributed by atoms with Crippen LogP contribution in [-0.4, -0.2) is 57.8 Å². The molecule has 0 aliphatic carbocycles. The highest BCUT2D eigenvalue weighted by Crippen LogP contribution is 2.25. The number of hydrogen-bond donors (Lipinski definition) is 0. The molecule has 1 saturated heterocycles. The first-order valence-electron chi connectivity index (χ1n) is 7.46. The molecule has 0 N–H and O–H groups in total. The van der Waals surface area contributed by atoms with Crippen molar-refractivity contribution in [1.82, 2.24) is 4.90 Å². The van der Waals surface area contributed by atoms with E-state index in [2.05, 4.69) is 0 Å². The molecule has 0 radical (unpaired) electrons. The Morgan fingerprint density at radius 3 is 2.35 bits per heavy atom. The minimum atomic E-state index is -3.61. The molecule has 0 spiro atoms. The van der Waals surface area contributed by atoms with Crippen LogP contribution in [0.15, 0.2) is 24.3 Å². The van der Waals surface area contributed by atoms with Crippen molar-refractivity contribution in [2.75, 3.05) is 36.9 Å². The number of carbonyl (C=O) groups excluding carboxylic acids is 1. The van der Waals surface area contributed by atoms with Crippen LogP contribution in [0.2, 0.25) is 5.02 Å². The molecule has 0 aromatic heterocycles. The average molecular weight is 361 g/mol. The number of sulfonamides is 1. The molecule has 1 aromatic carbocycles. The zero-order valence-electron chi connectivity index (χ0n) is 13.2. The van der Waals surface area contributed by atoms with E-state index in [0.717, 1.165) is 6.26 Å². The van der Waals surface area contributed by atoms with E-state index in [1.54, 1.807) is 36.1 Å². The number of anilines is 1. The van der Waals surface area contributed by atoms with Crippen LogP contribution in [-0.2, 0) is 19.6 Å². The number of halogens is 1. The summed E-state index contributed by atoms with van der Waals surface area (Å²) in [6.45, 7) is 3.71. The number of morpholine rings is 1. The van der Waals surface area contributed by atoms with Gasteiger partial charge in [-0.05, 0) is 30.7 Å². The molecule has 0 saturated carbocycles. The third-order valence-corrected chi connectivity index (χ3v) is 5.15. The van der Waals surface area contributed by atoms with Crippen LogP contribution in [0.1, 0.15) is 13.3 Å². The van der Waals surface area contributed by atoms with E-state index in [9.17, 15) is 13.2 Å². The normalized spacial score (nSPS) is 16.9. The highest BCUT2D eigenvalue weighted by molar-refractivity contribution is 7.92. The molecule has 1 fully saturated rings. The van der Waals surface area contributed by atoms with E-state index in [1.165, 1.54) is 4.31 Å². The molecule has 1 aliphatic rings. The number of carbonyl (C=O) groups is 1. The van der Waals surface area contributed by atoms with Crippen LogP contribution >= 0.6 is 11.6 Å². The standard InChI is InChI=1S/C15H21ClN2O4S/c1-3-14(15(19)17-8-10-22-11-9-17)18(23(2,20)21)13-6-4-12(16)5-7-13/h4-7,14H,3,8-11H2,1-2H3/t14-/m0/s1. The summed E-state index contributed by atoms with van der Waals surface area (Å²) >= 11 is 5.87. The Labute approximate surface area is 142 Å². The quantitative estimate of drug-likeness (QED) is 0.802. The number of hydrogen-bond acceptors (Lipinski definition) is 4. The Balaban J connectivity index is 2.35. The van der Waals surface area contributed by atoms with Crippen molar-refractivity contribution >= 4 is 33.2 Å². The van der Waals surface area contributed by atoms with Gasteiger partial charge in [-0.15, -0.1) is 0 Å². The lowest BCUT2D eigenvalue weighted by Crippen LogP contribution is -2.53. The van der Waals surface area contributed by atoms with Crippen LogP contribution in [0, 0.1) is 0 Å². The van der Waals surface area contributed by atoms with Crippen LogP contribution in [0.25, 0.3) is 0 Å². The monoisotopic (exact) mass is 360 g/mol. The zero-order valence-corrected chi connectivity index (χ0v) is 14.8. The molecule has 23 heavy (non-hydrogen) atoms. The average Bonchev–Trinajstić information content (AvgIpc) is 2.53. The van der Waals surface area contributed by atoms with Gasteiger partial charge in [-0.3, -0.25) is 9.10 Å². The maximum absolute atomic E-state index is 12.8. The highest BCUT2D eigenvalue weighted by Gasteiger charge is 2.34. The van der Waals surface area contributed by atoms with Gasteiger partial charge in [0.05, 0.1) is 25.2 Å². The maximum Gasteiger partial charge on any atom is 0.246 e. The van der Waals surface area contributed by atoms with Gasteiger partial charge in [0.15, 0.2) is 0 Å². The van der Waals surface area contributed by atoms with E-state index in [1.807, 2.05) is 0 Å². The molecule has 128 valence electrons. The van der Waals surface area contributed by atoms with Crippen LogP contribution < -0.4 is 4.31 Å². The summed E-state index contributed by atoms with van der Waals surface area (Å²) in [5, 5.41) is 0.509. The SMILES string of the molecule is CC[C@@H](C(=O)N1CCOCC1)N(c1ccc(Cl)cc1)S(C)(=O)=O. The molecule has 1 aromatic rings. The first-order valence-corrected chi connectivity index (χ1v) is 9.68. The summed E-state index contributed by atoms with van der Waals surface area (Å²) in [5.74, 6) is -0.198. The van der Waals surface area contributed by atoms with Gasteiger partial charge in [0, 0.05) is 18.1 Å². The third kappa shape index (κ3) is 4.37. The third-order valence-electron chi connectivity index (χ3n) is 3.72. The van der Waals surface area contributed by atoms with E-state index < -0.39 is 16.1 Å². The van der Waals surface area contributed by atoms with Crippen LogP contribution in [0.3, 0.4) is 0 Å². The van der Waals surface area contributed by atoms with Crippen LogP contribution in [0.5, 0.6) is 0 Å². The first kappa shape index (κ1) is 18.0. The van der Waals surface area contributed by atoms with E-state index in [-0.39, 0.29) is 5.91 Å². The summed E-state index contributed by atoms with van der Waals surface area (Å²) < 4.78 is 31.0. The maximum atomic E-state index is 12.8. The van der Waals surface area contributed by atoms with Crippen molar-refractivity contribution < 1.29 is 17.9 Å². The summed E-state index contributed by atoms with van der Waals surface area (Å²) in [5.41, 5.74) is 0.436. The predicted octanol–water partition coefficient (Wildman–Crippen LogP) is 1.74. The van der Waals surface area contributed by atoms with Crippen molar-refractivity contribution in [3.63, 3.8) is 0 Å². The number of amides is 1. The topological polar surface area (TPSA) is 66.9 Å². The zero-order chi connectivity index (χ0) is 17.0. The number of nitrogens with zero attached hydrogens (tertiary/aromatic N) is 2. The van der Waals surface area contributed by atoms with Gasteiger partial charge in [-0.25, -0.2) is 8.42 Å². The second-order valence-electron chi connectivity index (χ2n) is 5.40. The lowest BCUT2D eigenvalue weighted by Gasteiger charge is -2.35. The summed E-state index contributed by atoms with van der Waals surface area (Å²) in [6.07, 6.45) is 1.49.